The number of rotatable bonds is 7. The Balaban J connectivity index is 1.42. The third-order valence-corrected chi connectivity index (χ3v) is 4.90. The summed E-state index contributed by atoms with van der Waals surface area (Å²) in [7, 11) is 2.07. The van der Waals surface area contributed by atoms with Crippen LogP contribution >= 0.6 is 0 Å². The molecular weight excluding hydrogens is 310 g/mol. The monoisotopic (exact) mass is 337 g/mol. The molecule has 0 unspecified atom stereocenters. The van der Waals surface area contributed by atoms with E-state index in [1.54, 1.807) is 11.8 Å². The van der Waals surface area contributed by atoms with E-state index in [1.165, 1.54) is 0 Å². The van der Waals surface area contributed by atoms with Crippen LogP contribution in [-0.4, -0.2) is 87.8 Å². The average molecular weight is 337 g/mol. The van der Waals surface area contributed by atoms with Gasteiger partial charge in [-0.05, 0) is 26.4 Å². The lowest BCUT2D eigenvalue weighted by molar-refractivity contribution is -0.129. The third-order valence-electron chi connectivity index (χ3n) is 4.90. The fraction of sp³-hybridized carbons (Fsp3) is 0.812. The quantitative estimate of drug-likeness (QED) is 0.741. The minimum Gasteiger partial charge on any atom is -0.390 e. The maximum Gasteiger partial charge on any atom is 0.223 e. The molecule has 2 atom stereocenters. The van der Waals surface area contributed by atoms with Crippen molar-refractivity contribution in [3.63, 3.8) is 0 Å². The molecule has 2 aliphatic heterocycles. The van der Waals surface area contributed by atoms with Crippen molar-refractivity contribution in [3.8, 4) is 0 Å². The standard InChI is InChI=1S/C16H27N5O3/c1-12-17-15(18-24-12)11-19(2)13-5-7-20(8-13)9-14(22)10-21-6-3-4-16(21)23/h13-14,22H,3-11H2,1-2H3/t13-,14+/m1/s1. The Kier molecular flexibility index (Phi) is 5.47. The topological polar surface area (TPSA) is 85.9 Å². The smallest absolute Gasteiger partial charge is 0.223 e. The summed E-state index contributed by atoms with van der Waals surface area (Å²) in [6.45, 7) is 6.20. The van der Waals surface area contributed by atoms with E-state index in [2.05, 4.69) is 27.0 Å². The summed E-state index contributed by atoms with van der Waals surface area (Å²) < 4.78 is 5.01. The number of likely N-dealkylation sites (tertiary alicyclic amines) is 2. The molecule has 1 amide bonds. The predicted octanol–water partition coefficient (Wildman–Crippen LogP) is -0.133. The van der Waals surface area contributed by atoms with Gasteiger partial charge in [0.05, 0.1) is 12.6 Å². The zero-order chi connectivity index (χ0) is 17.1. The van der Waals surface area contributed by atoms with Crippen molar-refractivity contribution in [1.29, 1.82) is 0 Å². The van der Waals surface area contributed by atoms with Crippen LogP contribution in [0.4, 0.5) is 0 Å². The van der Waals surface area contributed by atoms with E-state index in [1.807, 2.05) is 0 Å². The first-order valence-electron chi connectivity index (χ1n) is 8.69. The van der Waals surface area contributed by atoms with Gasteiger partial charge in [0.2, 0.25) is 11.8 Å². The molecule has 2 fully saturated rings. The summed E-state index contributed by atoms with van der Waals surface area (Å²) in [5.41, 5.74) is 0. The number of aryl methyl sites for hydroxylation is 1. The molecule has 0 spiro atoms. The van der Waals surface area contributed by atoms with Gasteiger partial charge in [0.1, 0.15) is 0 Å². The van der Waals surface area contributed by atoms with Gasteiger partial charge in [-0.3, -0.25) is 14.6 Å². The fourth-order valence-electron chi connectivity index (χ4n) is 3.60. The molecule has 1 N–H and O–H groups in total. The number of aromatic nitrogens is 2. The number of aliphatic hydroxyl groups excluding tert-OH is 1. The van der Waals surface area contributed by atoms with Crippen LogP contribution in [0.15, 0.2) is 4.52 Å². The first-order chi connectivity index (χ1) is 11.5. The summed E-state index contributed by atoms with van der Waals surface area (Å²) in [6, 6.07) is 0.421. The average Bonchev–Trinajstić information content (AvgIpc) is 3.23. The molecule has 3 rings (SSSR count). The van der Waals surface area contributed by atoms with Gasteiger partial charge >= 0.3 is 0 Å². The van der Waals surface area contributed by atoms with Crippen molar-refractivity contribution >= 4 is 5.91 Å². The van der Waals surface area contributed by atoms with Gasteiger partial charge in [0, 0.05) is 45.6 Å². The molecule has 0 saturated carbocycles. The second-order valence-corrected chi connectivity index (χ2v) is 6.94. The number of nitrogens with zero attached hydrogens (tertiary/aromatic N) is 5. The SMILES string of the molecule is Cc1nc(CN(C)[C@@H]2CCN(C[C@H](O)CN3CCCC3=O)C2)no1. The molecule has 0 aliphatic carbocycles. The Morgan fingerprint density at radius 1 is 1.42 bits per heavy atom. The molecule has 0 aromatic carbocycles. The number of aliphatic hydroxyl groups is 1. The number of hydrogen-bond acceptors (Lipinski definition) is 7. The zero-order valence-corrected chi connectivity index (χ0v) is 14.5. The normalized spacial score (nSPS) is 23.6. The molecule has 8 nitrogen and oxygen atoms in total. The highest BCUT2D eigenvalue weighted by Gasteiger charge is 2.29. The van der Waals surface area contributed by atoms with Crippen LogP contribution in [0.2, 0.25) is 0 Å². The second-order valence-electron chi connectivity index (χ2n) is 6.94. The second kappa shape index (κ2) is 7.58. The van der Waals surface area contributed by atoms with Crippen molar-refractivity contribution in [1.82, 2.24) is 24.8 Å². The zero-order valence-electron chi connectivity index (χ0n) is 14.5. The first kappa shape index (κ1) is 17.3. The summed E-state index contributed by atoms with van der Waals surface area (Å²) in [6.07, 6.45) is 2.12. The summed E-state index contributed by atoms with van der Waals surface area (Å²) in [5, 5.41) is 14.2. The molecule has 24 heavy (non-hydrogen) atoms. The fourth-order valence-corrected chi connectivity index (χ4v) is 3.60. The van der Waals surface area contributed by atoms with E-state index >= 15 is 0 Å². The van der Waals surface area contributed by atoms with Crippen LogP contribution < -0.4 is 0 Å². The highest BCUT2D eigenvalue weighted by molar-refractivity contribution is 5.78. The Morgan fingerprint density at radius 2 is 2.25 bits per heavy atom. The van der Waals surface area contributed by atoms with Crippen LogP contribution in [0.5, 0.6) is 0 Å². The molecule has 2 aliphatic rings. The molecule has 134 valence electrons. The maximum absolute atomic E-state index is 11.6. The van der Waals surface area contributed by atoms with Gasteiger partial charge in [-0.2, -0.15) is 4.98 Å². The summed E-state index contributed by atoms with van der Waals surface area (Å²) in [5.74, 6) is 1.47. The van der Waals surface area contributed by atoms with Crippen molar-refractivity contribution in [2.75, 3.05) is 39.8 Å². The van der Waals surface area contributed by atoms with Crippen LogP contribution in [-0.2, 0) is 11.3 Å². The van der Waals surface area contributed by atoms with E-state index in [-0.39, 0.29) is 5.91 Å². The van der Waals surface area contributed by atoms with Gasteiger partial charge < -0.3 is 14.5 Å². The largest absolute Gasteiger partial charge is 0.390 e. The Bertz CT molecular complexity index is 564. The Morgan fingerprint density at radius 3 is 2.92 bits per heavy atom. The van der Waals surface area contributed by atoms with Crippen LogP contribution in [0, 0.1) is 6.92 Å². The predicted molar refractivity (Wildman–Crippen MR) is 87.2 cm³/mol. The Labute approximate surface area is 142 Å². The van der Waals surface area contributed by atoms with E-state index < -0.39 is 6.10 Å². The molecule has 8 heteroatoms. The van der Waals surface area contributed by atoms with Crippen molar-refractivity contribution in [2.45, 2.75) is 44.9 Å². The number of carbonyl (C=O) groups is 1. The summed E-state index contributed by atoms with van der Waals surface area (Å²) in [4.78, 5) is 22.2. The number of hydrogen-bond donors (Lipinski definition) is 1. The van der Waals surface area contributed by atoms with Crippen LogP contribution in [0.25, 0.3) is 0 Å². The minimum absolute atomic E-state index is 0.170. The lowest BCUT2D eigenvalue weighted by Crippen LogP contribution is -2.41. The highest BCUT2D eigenvalue weighted by atomic mass is 16.5. The van der Waals surface area contributed by atoms with Crippen molar-refractivity contribution in [2.24, 2.45) is 0 Å². The lowest BCUT2D eigenvalue weighted by atomic mass is 10.2. The van der Waals surface area contributed by atoms with Crippen molar-refractivity contribution < 1.29 is 14.4 Å². The first-order valence-corrected chi connectivity index (χ1v) is 8.69. The summed E-state index contributed by atoms with van der Waals surface area (Å²) >= 11 is 0. The molecule has 2 saturated heterocycles. The van der Waals surface area contributed by atoms with Gasteiger partial charge in [-0.15, -0.1) is 0 Å². The molecule has 1 aromatic rings. The van der Waals surface area contributed by atoms with Crippen molar-refractivity contribution in [3.05, 3.63) is 11.7 Å². The van der Waals surface area contributed by atoms with E-state index in [0.29, 0.717) is 43.8 Å². The number of likely N-dealkylation sites (N-methyl/N-ethyl adjacent to an activating group) is 1. The van der Waals surface area contributed by atoms with Gasteiger partial charge in [-0.1, -0.05) is 5.16 Å². The molecule has 1 aromatic heterocycles. The molecule has 0 bridgehead atoms. The molecular formula is C16H27N5O3. The van der Waals surface area contributed by atoms with Gasteiger partial charge in [0.25, 0.3) is 0 Å². The third kappa shape index (κ3) is 4.31. The van der Waals surface area contributed by atoms with E-state index in [4.69, 9.17) is 4.52 Å². The van der Waals surface area contributed by atoms with E-state index in [0.717, 1.165) is 32.5 Å². The maximum atomic E-state index is 11.6. The minimum atomic E-state index is -0.476. The number of β-amino-alcohol motifs (C(OH)–C–C–N with tert-alkyl or cyclic N) is 1. The molecule has 3 heterocycles. The highest BCUT2D eigenvalue weighted by Crippen LogP contribution is 2.17. The Hall–Kier alpha value is -1.51. The molecule has 0 radical (unpaired) electrons. The van der Waals surface area contributed by atoms with Crippen LogP contribution in [0.1, 0.15) is 31.0 Å². The van der Waals surface area contributed by atoms with E-state index in [9.17, 15) is 9.90 Å². The lowest BCUT2D eigenvalue weighted by Gasteiger charge is -2.26. The van der Waals surface area contributed by atoms with Gasteiger partial charge in [0.15, 0.2) is 5.82 Å². The number of carbonyl (C=O) groups excluding carboxylic acids is 1. The van der Waals surface area contributed by atoms with Crippen LogP contribution in [0.3, 0.4) is 0 Å². The number of amides is 1. The van der Waals surface area contributed by atoms with Gasteiger partial charge in [-0.25, -0.2) is 0 Å².